The third kappa shape index (κ3) is 5.60. The number of likely N-dealkylation sites (N-methyl/N-ethyl adjacent to an activating group) is 1. The molecule has 2 rings (SSSR count). The zero-order valence-electron chi connectivity index (χ0n) is 16.4. The van der Waals surface area contributed by atoms with E-state index in [0.29, 0.717) is 6.04 Å². The van der Waals surface area contributed by atoms with E-state index in [1.165, 1.54) is 10.5 Å². The third-order valence-corrected chi connectivity index (χ3v) is 4.84. The molecule has 4 nitrogen and oxygen atoms in total. The van der Waals surface area contributed by atoms with E-state index >= 15 is 0 Å². The fraction of sp³-hybridized carbons (Fsp3) is 0.409. The van der Waals surface area contributed by atoms with Crippen LogP contribution in [0.3, 0.4) is 0 Å². The number of quaternary nitrogens is 1. The number of hydrogen-bond acceptors (Lipinski definition) is 3. The molecule has 0 aliphatic rings. The monoisotopic (exact) mass is 354 g/mol. The first-order chi connectivity index (χ1) is 12.5. The SMILES string of the molecule is CCN(CC)c1ccc(C=NC[C@@H](Cc2ccccc2)[NH+](C)C)c(O)c1. The number of aromatic hydroxyl groups is 1. The minimum atomic E-state index is 0.287. The number of phenolic OH excluding ortho intramolecular Hbond substituents is 1. The lowest BCUT2D eigenvalue weighted by atomic mass is 10.1. The van der Waals surface area contributed by atoms with Crippen LogP contribution in [0.4, 0.5) is 5.69 Å². The quantitative estimate of drug-likeness (QED) is 0.679. The molecule has 0 aromatic heterocycles. The smallest absolute Gasteiger partial charge is 0.126 e. The van der Waals surface area contributed by atoms with E-state index in [1.54, 1.807) is 6.21 Å². The summed E-state index contributed by atoms with van der Waals surface area (Å²) in [6.07, 6.45) is 2.79. The second-order valence-corrected chi connectivity index (χ2v) is 6.87. The Morgan fingerprint density at radius 1 is 1.08 bits per heavy atom. The predicted molar refractivity (Wildman–Crippen MR) is 111 cm³/mol. The lowest BCUT2D eigenvalue weighted by molar-refractivity contribution is -0.883. The van der Waals surface area contributed by atoms with Crippen molar-refractivity contribution in [2.24, 2.45) is 4.99 Å². The molecule has 0 heterocycles. The molecular weight excluding hydrogens is 322 g/mol. The van der Waals surface area contributed by atoms with Gasteiger partial charge in [-0.25, -0.2) is 0 Å². The molecule has 0 radical (unpaired) electrons. The molecule has 1 atom stereocenters. The molecule has 0 aliphatic carbocycles. The van der Waals surface area contributed by atoms with Gasteiger partial charge in [0.25, 0.3) is 0 Å². The van der Waals surface area contributed by atoms with Crippen molar-refractivity contribution in [1.29, 1.82) is 0 Å². The molecule has 0 saturated heterocycles. The highest BCUT2D eigenvalue weighted by atomic mass is 16.3. The van der Waals surface area contributed by atoms with Gasteiger partial charge in [-0.1, -0.05) is 30.3 Å². The number of hydrogen-bond donors (Lipinski definition) is 2. The highest BCUT2D eigenvalue weighted by molar-refractivity contribution is 5.84. The summed E-state index contributed by atoms with van der Waals surface area (Å²) in [4.78, 5) is 8.21. The standard InChI is InChI=1S/C22H31N3O/c1-5-25(6-2)20-13-12-19(22(26)15-20)16-23-17-21(24(3)4)14-18-10-8-7-9-11-18/h7-13,15-16,21,26H,5-6,14,17H2,1-4H3/p+1/t21-/m1/s1. The molecule has 4 heteroatoms. The van der Waals surface area contributed by atoms with E-state index in [4.69, 9.17) is 0 Å². The van der Waals surface area contributed by atoms with E-state index in [-0.39, 0.29) is 5.75 Å². The van der Waals surface area contributed by atoms with Gasteiger partial charge in [-0.3, -0.25) is 4.99 Å². The third-order valence-electron chi connectivity index (χ3n) is 4.84. The number of nitrogens with one attached hydrogen (secondary N) is 1. The summed E-state index contributed by atoms with van der Waals surface area (Å²) in [5, 5.41) is 10.3. The van der Waals surface area contributed by atoms with Gasteiger partial charge in [0.15, 0.2) is 0 Å². The second kappa shape index (κ2) is 9.97. The van der Waals surface area contributed by atoms with E-state index in [2.05, 4.69) is 62.1 Å². The van der Waals surface area contributed by atoms with Crippen LogP contribution in [0.25, 0.3) is 0 Å². The lowest BCUT2D eigenvalue weighted by Gasteiger charge is -2.21. The van der Waals surface area contributed by atoms with E-state index in [9.17, 15) is 5.11 Å². The molecule has 0 fully saturated rings. The average Bonchev–Trinajstić information content (AvgIpc) is 2.64. The molecule has 0 bridgehead atoms. The molecule has 0 amide bonds. The number of rotatable bonds is 9. The van der Waals surface area contributed by atoms with Gasteiger partial charge in [0.05, 0.1) is 20.6 Å². The first-order valence-electron chi connectivity index (χ1n) is 9.46. The Morgan fingerprint density at radius 3 is 2.35 bits per heavy atom. The Morgan fingerprint density at radius 2 is 1.77 bits per heavy atom. The lowest BCUT2D eigenvalue weighted by Crippen LogP contribution is -3.11. The Balaban J connectivity index is 2.03. The maximum absolute atomic E-state index is 10.3. The van der Waals surface area contributed by atoms with Crippen LogP contribution in [0.15, 0.2) is 53.5 Å². The average molecular weight is 355 g/mol. The van der Waals surface area contributed by atoms with Gasteiger partial charge in [-0.05, 0) is 31.5 Å². The molecule has 2 aromatic carbocycles. The highest BCUT2D eigenvalue weighted by Gasteiger charge is 2.15. The molecule has 0 aliphatic heterocycles. The fourth-order valence-corrected chi connectivity index (χ4v) is 3.05. The molecule has 26 heavy (non-hydrogen) atoms. The van der Waals surface area contributed by atoms with Crippen molar-refractivity contribution in [1.82, 2.24) is 0 Å². The minimum absolute atomic E-state index is 0.287. The van der Waals surface area contributed by atoms with E-state index in [1.807, 2.05) is 24.3 Å². The topological polar surface area (TPSA) is 40.3 Å². The Hall–Kier alpha value is -2.33. The molecular formula is C22H32N3O+. The molecule has 0 saturated carbocycles. The van der Waals surface area contributed by atoms with Crippen LogP contribution in [0, 0.1) is 0 Å². The van der Waals surface area contributed by atoms with Gasteiger partial charge in [0.2, 0.25) is 0 Å². The molecule has 140 valence electrons. The normalized spacial score (nSPS) is 12.7. The molecule has 2 aromatic rings. The van der Waals surface area contributed by atoms with Crippen LogP contribution >= 0.6 is 0 Å². The van der Waals surface area contributed by atoms with Crippen molar-refractivity contribution < 1.29 is 10.0 Å². The highest BCUT2D eigenvalue weighted by Crippen LogP contribution is 2.23. The first-order valence-corrected chi connectivity index (χ1v) is 9.46. The largest absolute Gasteiger partial charge is 0.507 e. The molecule has 0 unspecified atom stereocenters. The zero-order valence-corrected chi connectivity index (χ0v) is 16.4. The van der Waals surface area contributed by atoms with Crippen molar-refractivity contribution in [2.75, 3.05) is 38.6 Å². The van der Waals surface area contributed by atoms with Crippen LogP contribution in [0.5, 0.6) is 5.75 Å². The maximum Gasteiger partial charge on any atom is 0.126 e. The zero-order chi connectivity index (χ0) is 18.9. The summed E-state index contributed by atoms with van der Waals surface area (Å²) in [6, 6.07) is 16.8. The van der Waals surface area contributed by atoms with Crippen LogP contribution in [0.1, 0.15) is 25.0 Å². The van der Waals surface area contributed by atoms with Crippen LogP contribution < -0.4 is 9.80 Å². The van der Waals surface area contributed by atoms with Gasteiger partial charge in [-0.15, -0.1) is 0 Å². The fourth-order valence-electron chi connectivity index (χ4n) is 3.05. The Labute approximate surface area is 157 Å². The van der Waals surface area contributed by atoms with Crippen molar-refractivity contribution in [3.63, 3.8) is 0 Å². The van der Waals surface area contributed by atoms with Gasteiger partial charge in [0, 0.05) is 43.0 Å². The number of anilines is 1. The van der Waals surface area contributed by atoms with Gasteiger partial charge >= 0.3 is 0 Å². The van der Waals surface area contributed by atoms with Crippen LogP contribution in [-0.4, -0.2) is 51.1 Å². The number of aliphatic imine (C=N–C) groups is 1. The van der Waals surface area contributed by atoms with Crippen molar-refractivity contribution >= 4 is 11.9 Å². The summed E-state index contributed by atoms with van der Waals surface area (Å²) in [5.74, 6) is 0.287. The minimum Gasteiger partial charge on any atom is -0.507 e. The summed E-state index contributed by atoms with van der Waals surface area (Å²) < 4.78 is 0. The van der Waals surface area contributed by atoms with Gasteiger partial charge in [-0.2, -0.15) is 0 Å². The Kier molecular flexibility index (Phi) is 7.67. The predicted octanol–water partition coefficient (Wildman–Crippen LogP) is 2.41. The van der Waals surface area contributed by atoms with Crippen molar-refractivity contribution in [3.8, 4) is 5.75 Å². The molecule has 0 spiro atoms. The summed E-state index contributed by atoms with van der Waals surface area (Å²) in [6.45, 7) is 6.82. The van der Waals surface area contributed by atoms with E-state index < -0.39 is 0 Å². The van der Waals surface area contributed by atoms with Crippen molar-refractivity contribution in [2.45, 2.75) is 26.3 Å². The van der Waals surface area contributed by atoms with Crippen molar-refractivity contribution in [3.05, 3.63) is 59.7 Å². The van der Waals surface area contributed by atoms with Crippen LogP contribution in [-0.2, 0) is 6.42 Å². The summed E-state index contributed by atoms with van der Waals surface area (Å²) in [7, 11) is 4.33. The maximum atomic E-state index is 10.3. The Bertz CT molecular complexity index is 694. The van der Waals surface area contributed by atoms with Crippen LogP contribution in [0.2, 0.25) is 0 Å². The van der Waals surface area contributed by atoms with E-state index in [0.717, 1.165) is 37.3 Å². The number of phenols is 1. The second-order valence-electron chi connectivity index (χ2n) is 6.87. The van der Waals surface area contributed by atoms with Gasteiger partial charge in [0.1, 0.15) is 11.8 Å². The van der Waals surface area contributed by atoms with Gasteiger partial charge < -0.3 is 14.9 Å². The first kappa shape index (κ1) is 20.0. The summed E-state index contributed by atoms with van der Waals surface area (Å²) in [5.41, 5.74) is 3.15. The number of benzene rings is 2. The molecule has 2 N–H and O–H groups in total. The number of nitrogens with zero attached hydrogens (tertiary/aromatic N) is 2. The summed E-state index contributed by atoms with van der Waals surface area (Å²) >= 11 is 0.